The molecule has 0 N–H and O–H groups in total. The molecule has 2 saturated heterocycles. The SMILES string of the molecule is COc1ccc(C(C)(C)CC2OB(B3OC(C)C(C)(C)O3)OC2(C)C)cc1Br. The summed E-state index contributed by atoms with van der Waals surface area (Å²) < 4.78 is 30.9. The fourth-order valence-corrected chi connectivity index (χ4v) is 4.26. The molecule has 0 spiro atoms. The van der Waals surface area contributed by atoms with Crippen molar-refractivity contribution in [2.75, 3.05) is 7.11 Å². The largest absolute Gasteiger partial charge is 0.496 e. The van der Waals surface area contributed by atoms with Gasteiger partial charge < -0.3 is 23.4 Å². The number of methoxy groups -OCH3 is 1. The Morgan fingerprint density at radius 3 is 2.21 bits per heavy atom. The van der Waals surface area contributed by atoms with Crippen molar-refractivity contribution < 1.29 is 23.4 Å². The molecule has 28 heavy (non-hydrogen) atoms. The fraction of sp³-hybridized carbons (Fsp3) is 0.700. The lowest BCUT2D eigenvalue weighted by atomic mass is 9.49. The second kappa shape index (κ2) is 7.62. The minimum Gasteiger partial charge on any atom is -0.496 e. The molecule has 2 atom stereocenters. The van der Waals surface area contributed by atoms with Gasteiger partial charge in [-0.3, -0.25) is 0 Å². The molecule has 3 rings (SSSR count). The van der Waals surface area contributed by atoms with E-state index in [0.29, 0.717) is 0 Å². The Hall–Kier alpha value is -0.530. The van der Waals surface area contributed by atoms with Crippen LogP contribution in [-0.4, -0.2) is 44.5 Å². The standard InChI is InChI=1S/C20H31B2BrO5/c1-13-19(4,5)27-21(25-13)22-26-17(20(6,7)28-22)12-18(2,3)14-9-10-16(24-8)15(23)11-14/h9-11,13,17H,12H2,1-8H3. The highest BCUT2D eigenvalue weighted by Gasteiger charge is 2.59. The molecule has 0 saturated carbocycles. The molecule has 2 unspecified atom stereocenters. The van der Waals surface area contributed by atoms with E-state index in [1.54, 1.807) is 7.11 Å². The highest BCUT2D eigenvalue weighted by atomic mass is 79.9. The first kappa shape index (κ1) is 22.2. The third kappa shape index (κ3) is 4.31. The molecule has 1 aromatic carbocycles. The van der Waals surface area contributed by atoms with Gasteiger partial charge in [0, 0.05) is 0 Å². The lowest BCUT2D eigenvalue weighted by Gasteiger charge is -2.34. The number of benzene rings is 1. The first-order valence-corrected chi connectivity index (χ1v) is 10.7. The Kier molecular flexibility index (Phi) is 6.03. The van der Waals surface area contributed by atoms with E-state index in [1.165, 1.54) is 5.56 Å². The molecule has 2 aliphatic heterocycles. The minimum atomic E-state index is -0.525. The molecule has 5 nitrogen and oxygen atoms in total. The van der Waals surface area contributed by atoms with Crippen LogP contribution in [0.2, 0.25) is 0 Å². The highest BCUT2D eigenvalue weighted by Crippen LogP contribution is 2.41. The number of rotatable bonds is 5. The topological polar surface area (TPSA) is 46.2 Å². The van der Waals surface area contributed by atoms with Gasteiger partial charge in [-0.05, 0) is 80.1 Å². The predicted octanol–water partition coefficient (Wildman–Crippen LogP) is 4.59. The maximum Gasteiger partial charge on any atom is 0.488 e. The van der Waals surface area contributed by atoms with Crippen LogP contribution >= 0.6 is 15.9 Å². The van der Waals surface area contributed by atoms with Gasteiger partial charge in [-0.2, -0.15) is 0 Å². The lowest BCUT2D eigenvalue weighted by molar-refractivity contribution is 0.0545. The van der Waals surface area contributed by atoms with E-state index in [1.807, 2.05) is 26.8 Å². The van der Waals surface area contributed by atoms with Crippen LogP contribution in [0.4, 0.5) is 0 Å². The Morgan fingerprint density at radius 2 is 1.68 bits per heavy atom. The van der Waals surface area contributed by atoms with Crippen molar-refractivity contribution in [2.45, 2.75) is 83.7 Å². The van der Waals surface area contributed by atoms with Crippen LogP contribution in [0.25, 0.3) is 0 Å². The average molecular weight is 453 g/mol. The smallest absolute Gasteiger partial charge is 0.488 e. The van der Waals surface area contributed by atoms with Crippen LogP contribution in [0.5, 0.6) is 5.75 Å². The van der Waals surface area contributed by atoms with Crippen molar-refractivity contribution in [3.05, 3.63) is 28.2 Å². The molecule has 2 heterocycles. The van der Waals surface area contributed by atoms with E-state index in [-0.39, 0.29) is 23.2 Å². The van der Waals surface area contributed by atoms with Gasteiger partial charge in [0.1, 0.15) is 5.75 Å². The monoisotopic (exact) mass is 452 g/mol. The summed E-state index contributed by atoms with van der Waals surface area (Å²) in [6, 6.07) is 6.22. The molecule has 0 aliphatic carbocycles. The molecule has 2 fully saturated rings. The molecule has 0 bridgehead atoms. The van der Waals surface area contributed by atoms with Crippen molar-refractivity contribution in [1.82, 2.24) is 0 Å². The minimum absolute atomic E-state index is 0.0139. The van der Waals surface area contributed by atoms with Gasteiger partial charge in [0.05, 0.1) is 35.0 Å². The Labute approximate surface area is 178 Å². The van der Waals surface area contributed by atoms with Gasteiger partial charge in [-0.1, -0.05) is 19.9 Å². The zero-order valence-electron chi connectivity index (χ0n) is 18.2. The molecule has 0 radical (unpaired) electrons. The highest BCUT2D eigenvalue weighted by molar-refractivity contribution is 9.10. The Bertz CT molecular complexity index is 725. The number of halogens is 1. The van der Waals surface area contributed by atoms with Gasteiger partial charge >= 0.3 is 14.0 Å². The van der Waals surface area contributed by atoms with E-state index in [0.717, 1.165) is 16.6 Å². The molecular weight excluding hydrogens is 422 g/mol. The predicted molar refractivity (Wildman–Crippen MR) is 116 cm³/mol. The van der Waals surface area contributed by atoms with E-state index < -0.39 is 19.6 Å². The molecule has 154 valence electrons. The Balaban J connectivity index is 1.73. The van der Waals surface area contributed by atoms with Gasteiger partial charge in [-0.15, -0.1) is 0 Å². The summed E-state index contributed by atoms with van der Waals surface area (Å²) in [5.74, 6) is 0.827. The van der Waals surface area contributed by atoms with Crippen LogP contribution in [0.3, 0.4) is 0 Å². The fourth-order valence-electron chi connectivity index (χ4n) is 3.72. The summed E-state index contributed by atoms with van der Waals surface area (Å²) in [7, 11) is 0.641. The quantitative estimate of drug-likeness (QED) is 0.611. The Morgan fingerprint density at radius 1 is 1.07 bits per heavy atom. The van der Waals surface area contributed by atoms with Crippen molar-refractivity contribution in [1.29, 1.82) is 0 Å². The van der Waals surface area contributed by atoms with Crippen LogP contribution in [0.15, 0.2) is 22.7 Å². The van der Waals surface area contributed by atoms with Gasteiger partial charge in [-0.25, -0.2) is 0 Å². The lowest BCUT2D eigenvalue weighted by Crippen LogP contribution is -2.41. The number of ether oxygens (including phenoxy) is 1. The van der Waals surface area contributed by atoms with E-state index in [2.05, 4.69) is 55.8 Å². The van der Waals surface area contributed by atoms with Crippen LogP contribution in [-0.2, 0) is 24.0 Å². The summed E-state index contributed by atoms with van der Waals surface area (Å²) in [4.78, 5) is 0. The van der Waals surface area contributed by atoms with E-state index >= 15 is 0 Å². The van der Waals surface area contributed by atoms with Crippen molar-refractivity contribution in [2.24, 2.45) is 0 Å². The summed E-state index contributed by atoms with van der Waals surface area (Å²) in [6.45, 7) is 14.7. The molecular formula is C20H31B2BrO5. The van der Waals surface area contributed by atoms with Crippen molar-refractivity contribution in [3.63, 3.8) is 0 Å². The van der Waals surface area contributed by atoms with Gasteiger partial charge in [0.15, 0.2) is 0 Å². The van der Waals surface area contributed by atoms with E-state index in [9.17, 15) is 0 Å². The second-order valence-electron chi connectivity index (χ2n) is 9.52. The maximum atomic E-state index is 6.33. The molecule has 8 heteroatoms. The molecule has 0 amide bonds. The maximum absolute atomic E-state index is 6.33. The molecule has 1 aromatic rings. The average Bonchev–Trinajstić information content (AvgIpc) is 3.02. The van der Waals surface area contributed by atoms with Crippen molar-refractivity contribution in [3.8, 4) is 5.75 Å². The van der Waals surface area contributed by atoms with Gasteiger partial charge in [0.2, 0.25) is 0 Å². The third-order valence-corrected chi connectivity index (χ3v) is 6.70. The zero-order chi connectivity index (χ0) is 20.9. The normalized spacial score (nSPS) is 26.8. The first-order chi connectivity index (χ1) is 12.9. The summed E-state index contributed by atoms with van der Waals surface area (Å²) in [5.41, 5.74) is 0.313. The zero-order valence-corrected chi connectivity index (χ0v) is 19.8. The van der Waals surface area contributed by atoms with E-state index in [4.69, 9.17) is 23.4 Å². The van der Waals surface area contributed by atoms with Crippen LogP contribution in [0.1, 0.15) is 60.5 Å². The van der Waals surface area contributed by atoms with Crippen molar-refractivity contribution >= 4 is 29.9 Å². The summed E-state index contributed by atoms with van der Waals surface area (Å²) >= 11 is 3.59. The summed E-state index contributed by atoms with van der Waals surface area (Å²) in [6.07, 6.45) is 0.709. The molecule has 2 aliphatic rings. The third-order valence-electron chi connectivity index (χ3n) is 6.08. The number of hydrogen-bond donors (Lipinski definition) is 0. The second-order valence-corrected chi connectivity index (χ2v) is 10.4. The summed E-state index contributed by atoms with van der Waals surface area (Å²) in [5, 5.41) is 0. The first-order valence-electron chi connectivity index (χ1n) is 9.86. The number of hydrogen-bond acceptors (Lipinski definition) is 5. The van der Waals surface area contributed by atoms with Gasteiger partial charge in [0.25, 0.3) is 0 Å². The molecule has 0 aromatic heterocycles. The van der Waals surface area contributed by atoms with Crippen LogP contribution < -0.4 is 4.74 Å². The van der Waals surface area contributed by atoms with Crippen LogP contribution in [0, 0.1) is 0 Å².